The number of rotatable bonds is 3. The minimum absolute atomic E-state index is 0.0970. The van der Waals surface area contributed by atoms with E-state index >= 15 is 0 Å². The number of aromatic nitrogens is 1. The normalized spacial score (nSPS) is 12.0. The largest absolute Gasteiger partial charge is 0.316 e. The molecule has 0 spiro atoms. The van der Waals surface area contributed by atoms with Crippen LogP contribution in [-0.4, -0.2) is 10.5 Å². The maximum Gasteiger partial charge on any atom is 0.252 e. The number of hydrogen-bond donors (Lipinski definition) is 0. The van der Waals surface area contributed by atoms with E-state index in [9.17, 15) is 4.79 Å². The van der Waals surface area contributed by atoms with Crippen molar-refractivity contribution >= 4 is 27.5 Å². The molecule has 0 bridgehead atoms. The van der Waals surface area contributed by atoms with Crippen molar-refractivity contribution in [2.24, 2.45) is 4.99 Å². The predicted molar refractivity (Wildman–Crippen MR) is 95.7 cm³/mol. The summed E-state index contributed by atoms with van der Waals surface area (Å²) >= 11 is 1.60. The summed E-state index contributed by atoms with van der Waals surface area (Å²) in [6.45, 7) is 7.11. The van der Waals surface area contributed by atoms with Crippen LogP contribution in [0, 0.1) is 13.8 Å². The highest BCUT2D eigenvalue weighted by Crippen LogP contribution is 2.24. The molecule has 23 heavy (non-hydrogen) atoms. The molecule has 0 aliphatic rings. The molecule has 0 aliphatic heterocycles. The number of hydrogen-bond acceptors (Lipinski definition) is 2. The number of amides is 1. The molecule has 1 aromatic heterocycles. The number of benzene rings is 2. The fourth-order valence-electron chi connectivity index (χ4n) is 2.77. The molecule has 3 aromatic rings. The molecular weight excluding hydrogens is 304 g/mol. The SMILES string of the molecule is CCn1c(=NC(=O)Cc2ccccc2)sc2c(C)ccc(C)c21. The molecule has 0 aliphatic carbocycles. The fraction of sp³-hybridized carbons (Fsp3) is 0.263. The van der Waals surface area contributed by atoms with E-state index in [1.165, 1.54) is 21.3 Å². The maximum atomic E-state index is 12.3. The van der Waals surface area contributed by atoms with E-state index in [0.29, 0.717) is 6.42 Å². The summed E-state index contributed by atoms with van der Waals surface area (Å²) in [5.41, 5.74) is 4.65. The van der Waals surface area contributed by atoms with Gasteiger partial charge in [-0.05, 0) is 37.5 Å². The lowest BCUT2D eigenvalue weighted by atomic mass is 10.1. The summed E-state index contributed by atoms with van der Waals surface area (Å²) in [7, 11) is 0. The molecule has 3 rings (SSSR count). The Balaban J connectivity index is 2.07. The van der Waals surface area contributed by atoms with Gasteiger partial charge in [-0.25, -0.2) is 0 Å². The van der Waals surface area contributed by atoms with Crippen molar-refractivity contribution in [1.82, 2.24) is 4.57 Å². The highest BCUT2D eigenvalue weighted by Gasteiger charge is 2.11. The first-order valence-corrected chi connectivity index (χ1v) is 8.63. The summed E-state index contributed by atoms with van der Waals surface area (Å²) in [5.74, 6) is -0.0970. The van der Waals surface area contributed by atoms with E-state index in [-0.39, 0.29) is 5.91 Å². The number of carbonyl (C=O) groups is 1. The van der Waals surface area contributed by atoms with Gasteiger partial charge in [-0.15, -0.1) is 0 Å². The molecule has 0 radical (unpaired) electrons. The van der Waals surface area contributed by atoms with Crippen LogP contribution in [0.25, 0.3) is 10.2 Å². The lowest BCUT2D eigenvalue weighted by molar-refractivity contribution is -0.117. The molecule has 2 aromatic carbocycles. The molecule has 1 amide bonds. The summed E-state index contributed by atoms with van der Waals surface area (Å²) in [4.78, 5) is 17.5. The van der Waals surface area contributed by atoms with Crippen LogP contribution in [-0.2, 0) is 17.8 Å². The van der Waals surface area contributed by atoms with Crippen LogP contribution in [0.15, 0.2) is 47.5 Å². The molecule has 0 atom stereocenters. The van der Waals surface area contributed by atoms with Crippen LogP contribution in [0.5, 0.6) is 0 Å². The van der Waals surface area contributed by atoms with E-state index < -0.39 is 0 Å². The van der Waals surface area contributed by atoms with Gasteiger partial charge in [0.25, 0.3) is 5.91 Å². The Bertz CT molecular complexity index is 920. The second kappa shape index (κ2) is 6.50. The van der Waals surface area contributed by atoms with Crippen LogP contribution in [0.2, 0.25) is 0 Å². The quantitative estimate of drug-likeness (QED) is 0.717. The molecular formula is C19H20N2OS. The Morgan fingerprint density at radius 2 is 1.78 bits per heavy atom. The lowest BCUT2D eigenvalue weighted by Crippen LogP contribution is -2.16. The Hall–Kier alpha value is -2.20. The third-order valence-electron chi connectivity index (χ3n) is 3.96. The van der Waals surface area contributed by atoms with Crippen molar-refractivity contribution in [1.29, 1.82) is 0 Å². The lowest BCUT2D eigenvalue weighted by Gasteiger charge is -2.04. The van der Waals surface area contributed by atoms with Crippen molar-refractivity contribution in [3.8, 4) is 0 Å². The Kier molecular flexibility index (Phi) is 4.44. The van der Waals surface area contributed by atoms with Gasteiger partial charge < -0.3 is 4.57 Å². The van der Waals surface area contributed by atoms with Crippen LogP contribution < -0.4 is 4.80 Å². The van der Waals surface area contributed by atoms with Crippen LogP contribution >= 0.6 is 11.3 Å². The van der Waals surface area contributed by atoms with Gasteiger partial charge in [0, 0.05) is 6.54 Å². The highest BCUT2D eigenvalue weighted by atomic mass is 32.1. The van der Waals surface area contributed by atoms with Crippen molar-refractivity contribution in [2.75, 3.05) is 0 Å². The zero-order chi connectivity index (χ0) is 16.4. The molecule has 0 fully saturated rings. The zero-order valence-corrected chi connectivity index (χ0v) is 14.5. The van der Waals surface area contributed by atoms with Crippen LogP contribution in [0.4, 0.5) is 0 Å². The van der Waals surface area contributed by atoms with Gasteiger partial charge in [-0.1, -0.05) is 53.8 Å². The summed E-state index contributed by atoms with van der Waals surface area (Å²) < 4.78 is 3.36. The molecule has 0 N–H and O–H groups in total. The first-order valence-electron chi connectivity index (χ1n) is 7.81. The highest BCUT2D eigenvalue weighted by molar-refractivity contribution is 7.16. The first kappa shape index (κ1) is 15.7. The van der Waals surface area contributed by atoms with Gasteiger partial charge in [0.15, 0.2) is 4.80 Å². The summed E-state index contributed by atoms with van der Waals surface area (Å²) in [6, 6.07) is 14.0. The van der Waals surface area contributed by atoms with Gasteiger partial charge in [0.2, 0.25) is 0 Å². The first-order chi connectivity index (χ1) is 11.1. The van der Waals surface area contributed by atoms with Crippen LogP contribution in [0.1, 0.15) is 23.6 Å². The van der Waals surface area contributed by atoms with Crippen molar-refractivity contribution < 1.29 is 4.79 Å². The van der Waals surface area contributed by atoms with Crippen molar-refractivity contribution in [3.05, 3.63) is 64.0 Å². The van der Waals surface area contributed by atoms with E-state index in [1.807, 2.05) is 30.3 Å². The van der Waals surface area contributed by atoms with E-state index in [4.69, 9.17) is 0 Å². The fourth-order valence-corrected chi connectivity index (χ4v) is 4.03. The molecule has 0 unspecified atom stereocenters. The minimum atomic E-state index is -0.0970. The second-order valence-corrected chi connectivity index (χ2v) is 6.65. The van der Waals surface area contributed by atoms with E-state index in [2.05, 4.69) is 42.5 Å². The number of carbonyl (C=O) groups excluding carboxylic acids is 1. The standard InChI is InChI=1S/C19H20N2OS/c1-4-21-17-13(2)10-11-14(3)18(17)23-19(21)20-16(22)12-15-8-6-5-7-9-15/h5-11H,4,12H2,1-3H3. The topological polar surface area (TPSA) is 34.4 Å². The monoisotopic (exact) mass is 324 g/mol. The second-order valence-electron chi connectivity index (χ2n) is 5.67. The molecule has 4 heteroatoms. The molecule has 118 valence electrons. The van der Waals surface area contributed by atoms with Crippen molar-refractivity contribution in [2.45, 2.75) is 33.7 Å². The summed E-state index contributed by atoms with van der Waals surface area (Å²) in [5, 5.41) is 0. The third-order valence-corrected chi connectivity index (χ3v) is 5.17. The van der Waals surface area contributed by atoms with E-state index in [0.717, 1.165) is 16.9 Å². The average molecular weight is 324 g/mol. The third kappa shape index (κ3) is 3.13. The summed E-state index contributed by atoms with van der Waals surface area (Å²) in [6.07, 6.45) is 0.344. The number of fused-ring (bicyclic) bond motifs is 1. The Labute approximate surface area is 139 Å². The maximum absolute atomic E-state index is 12.3. The molecule has 0 saturated carbocycles. The smallest absolute Gasteiger partial charge is 0.252 e. The Morgan fingerprint density at radius 1 is 1.09 bits per heavy atom. The van der Waals surface area contributed by atoms with Crippen LogP contribution in [0.3, 0.4) is 0 Å². The molecule has 0 saturated heterocycles. The van der Waals surface area contributed by atoms with Gasteiger partial charge in [0.05, 0.1) is 16.6 Å². The Morgan fingerprint density at radius 3 is 2.48 bits per heavy atom. The van der Waals surface area contributed by atoms with Crippen molar-refractivity contribution in [3.63, 3.8) is 0 Å². The van der Waals surface area contributed by atoms with Gasteiger partial charge in [-0.3, -0.25) is 4.79 Å². The van der Waals surface area contributed by atoms with Gasteiger partial charge in [-0.2, -0.15) is 4.99 Å². The number of nitrogens with zero attached hydrogens (tertiary/aromatic N) is 2. The predicted octanol–water partition coefficient (Wildman–Crippen LogP) is 4.01. The zero-order valence-electron chi connectivity index (χ0n) is 13.7. The van der Waals surface area contributed by atoms with Gasteiger partial charge >= 0.3 is 0 Å². The number of aryl methyl sites for hydroxylation is 3. The molecule has 1 heterocycles. The minimum Gasteiger partial charge on any atom is -0.316 e. The van der Waals surface area contributed by atoms with E-state index in [1.54, 1.807) is 11.3 Å². The number of thiazole rings is 1. The van der Waals surface area contributed by atoms with Gasteiger partial charge in [0.1, 0.15) is 0 Å². The average Bonchev–Trinajstić information content (AvgIpc) is 2.91. The molecule has 3 nitrogen and oxygen atoms in total.